The maximum Gasteiger partial charge on any atom is 0.274 e. The fourth-order valence-electron chi connectivity index (χ4n) is 2.16. The summed E-state index contributed by atoms with van der Waals surface area (Å²) in [5.74, 6) is -1.99. The summed E-state index contributed by atoms with van der Waals surface area (Å²) in [6.45, 7) is 1.58. The Hall–Kier alpha value is -3.03. The van der Waals surface area contributed by atoms with Gasteiger partial charge in [-0.05, 0) is 13.0 Å². The Bertz CT molecular complexity index is 962. The van der Waals surface area contributed by atoms with E-state index in [2.05, 4.69) is 15.4 Å². The summed E-state index contributed by atoms with van der Waals surface area (Å²) >= 11 is 0. The molecule has 6 nitrogen and oxygen atoms in total. The van der Waals surface area contributed by atoms with E-state index in [-0.39, 0.29) is 28.9 Å². The van der Waals surface area contributed by atoms with Gasteiger partial charge in [-0.3, -0.25) is 9.59 Å². The average Bonchev–Trinajstić information content (AvgIpc) is 2.90. The zero-order chi connectivity index (χ0) is 16.6. The lowest BCUT2D eigenvalue weighted by Crippen LogP contribution is -2.23. The van der Waals surface area contributed by atoms with E-state index in [1.165, 1.54) is 16.6 Å². The second kappa shape index (κ2) is 5.64. The summed E-state index contributed by atoms with van der Waals surface area (Å²) in [6, 6.07) is 4.45. The van der Waals surface area contributed by atoms with Gasteiger partial charge in [0, 0.05) is 36.1 Å². The molecule has 0 bridgehead atoms. The molecule has 3 aromatic rings. The number of nitrogens with one attached hydrogen (secondary N) is 2. The number of aromatic nitrogens is 3. The van der Waals surface area contributed by atoms with Crippen molar-refractivity contribution in [1.29, 1.82) is 0 Å². The topological polar surface area (TPSA) is 79.3 Å². The minimum Gasteiger partial charge on any atom is -0.346 e. The van der Waals surface area contributed by atoms with Gasteiger partial charge in [0.15, 0.2) is 5.69 Å². The maximum atomic E-state index is 13.5. The average molecular weight is 318 g/mol. The first kappa shape index (κ1) is 14.9. The largest absolute Gasteiger partial charge is 0.346 e. The second-order valence-electron chi connectivity index (χ2n) is 5.04. The molecule has 1 aromatic carbocycles. The van der Waals surface area contributed by atoms with Crippen molar-refractivity contribution in [2.75, 3.05) is 0 Å². The number of aryl methyl sites for hydroxylation is 1. The molecule has 0 spiro atoms. The number of carbonyl (C=O) groups is 1. The quantitative estimate of drug-likeness (QED) is 0.769. The lowest BCUT2D eigenvalue weighted by molar-refractivity contribution is 0.0945. The van der Waals surface area contributed by atoms with Crippen LogP contribution in [0.3, 0.4) is 0 Å². The van der Waals surface area contributed by atoms with Gasteiger partial charge in [0.25, 0.3) is 11.5 Å². The molecule has 2 N–H and O–H groups in total. The summed E-state index contributed by atoms with van der Waals surface area (Å²) < 4.78 is 27.6. The third-order valence-electron chi connectivity index (χ3n) is 3.28. The van der Waals surface area contributed by atoms with Crippen molar-refractivity contribution in [3.63, 3.8) is 0 Å². The van der Waals surface area contributed by atoms with Crippen LogP contribution in [-0.2, 0) is 6.54 Å². The van der Waals surface area contributed by atoms with Crippen LogP contribution in [0.25, 0.3) is 5.52 Å². The Kier molecular flexibility index (Phi) is 3.65. The van der Waals surface area contributed by atoms with Gasteiger partial charge >= 0.3 is 0 Å². The number of H-pyrrole nitrogens is 1. The number of rotatable bonds is 3. The van der Waals surface area contributed by atoms with Crippen LogP contribution in [0.2, 0.25) is 0 Å². The van der Waals surface area contributed by atoms with Crippen LogP contribution in [0, 0.1) is 18.6 Å². The first-order valence-corrected chi connectivity index (χ1v) is 6.75. The fourth-order valence-corrected chi connectivity index (χ4v) is 2.16. The molecule has 23 heavy (non-hydrogen) atoms. The Labute approximate surface area is 128 Å². The van der Waals surface area contributed by atoms with Crippen LogP contribution in [0.1, 0.15) is 21.7 Å². The molecule has 3 rings (SSSR count). The molecule has 8 heteroatoms. The van der Waals surface area contributed by atoms with Crippen molar-refractivity contribution in [2.24, 2.45) is 0 Å². The van der Waals surface area contributed by atoms with E-state index in [0.717, 1.165) is 12.1 Å². The predicted molar refractivity (Wildman–Crippen MR) is 78.1 cm³/mol. The molecule has 0 fully saturated rings. The highest BCUT2D eigenvalue weighted by Crippen LogP contribution is 2.09. The van der Waals surface area contributed by atoms with Crippen molar-refractivity contribution in [3.8, 4) is 0 Å². The van der Waals surface area contributed by atoms with Gasteiger partial charge in [0.05, 0.1) is 0 Å². The monoisotopic (exact) mass is 318 g/mol. The molecule has 0 saturated heterocycles. The van der Waals surface area contributed by atoms with Gasteiger partial charge in [-0.25, -0.2) is 13.3 Å². The van der Waals surface area contributed by atoms with Crippen molar-refractivity contribution in [1.82, 2.24) is 19.9 Å². The Morgan fingerprint density at radius 3 is 2.87 bits per heavy atom. The summed E-state index contributed by atoms with van der Waals surface area (Å²) in [4.78, 5) is 26.4. The molecule has 2 heterocycles. The zero-order valence-electron chi connectivity index (χ0n) is 12.1. The fraction of sp³-hybridized carbons (Fsp3) is 0.133. The van der Waals surface area contributed by atoms with Crippen molar-refractivity contribution < 1.29 is 13.6 Å². The number of benzene rings is 1. The molecule has 0 radical (unpaired) electrons. The lowest BCUT2D eigenvalue weighted by atomic mass is 10.2. The predicted octanol–water partition coefficient (Wildman–Crippen LogP) is 1.54. The van der Waals surface area contributed by atoms with Gasteiger partial charge in [0.2, 0.25) is 0 Å². The normalized spacial score (nSPS) is 10.9. The van der Waals surface area contributed by atoms with Crippen molar-refractivity contribution in [3.05, 3.63) is 69.4 Å². The smallest absolute Gasteiger partial charge is 0.274 e. The van der Waals surface area contributed by atoms with Gasteiger partial charge in [-0.2, -0.15) is 5.10 Å². The molecule has 0 atom stereocenters. The van der Waals surface area contributed by atoms with Crippen molar-refractivity contribution >= 4 is 11.4 Å². The van der Waals surface area contributed by atoms with E-state index >= 15 is 0 Å². The van der Waals surface area contributed by atoms with Crippen LogP contribution in [-0.4, -0.2) is 20.5 Å². The van der Waals surface area contributed by atoms with Gasteiger partial charge in [0.1, 0.15) is 17.2 Å². The number of hydrogen-bond acceptors (Lipinski definition) is 3. The minimum atomic E-state index is -0.743. The standard InChI is InChI=1S/C15H12F2N4O2/c1-8-7-21-13(15(23)19-8)5-12(20-21)14(22)18-6-9-2-3-10(16)4-11(9)17/h2-5,7H,6H2,1H3,(H,18,22)(H,19,23). The molecular formula is C15H12F2N4O2. The highest BCUT2D eigenvalue weighted by atomic mass is 19.1. The number of aromatic amines is 1. The minimum absolute atomic E-state index is 0.0311. The number of amides is 1. The van der Waals surface area contributed by atoms with E-state index < -0.39 is 17.5 Å². The Balaban J connectivity index is 1.81. The number of halogens is 2. The Morgan fingerprint density at radius 1 is 1.35 bits per heavy atom. The lowest BCUT2D eigenvalue weighted by Gasteiger charge is -2.04. The molecule has 0 unspecified atom stereocenters. The molecule has 0 saturated carbocycles. The number of nitrogens with zero attached hydrogens (tertiary/aromatic N) is 2. The molecule has 1 amide bonds. The SMILES string of the molecule is Cc1cn2nc(C(=O)NCc3ccc(F)cc3F)cc2c(=O)[nH]1. The summed E-state index contributed by atoms with van der Waals surface area (Å²) in [7, 11) is 0. The highest BCUT2D eigenvalue weighted by molar-refractivity contribution is 5.93. The Morgan fingerprint density at radius 2 is 2.13 bits per heavy atom. The summed E-state index contributed by atoms with van der Waals surface area (Å²) in [5.41, 5.74) is 0.654. The number of hydrogen-bond donors (Lipinski definition) is 2. The van der Waals surface area contributed by atoms with E-state index in [1.54, 1.807) is 13.1 Å². The third-order valence-corrected chi connectivity index (χ3v) is 3.28. The van der Waals surface area contributed by atoms with Crippen molar-refractivity contribution in [2.45, 2.75) is 13.5 Å². The zero-order valence-corrected chi connectivity index (χ0v) is 12.1. The van der Waals surface area contributed by atoms with Gasteiger partial charge < -0.3 is 10.3 Å². The molecule has 2 aromatic heterocycles. The maximum absolute atomic E-state index is 13.5. The van der Waals surface area contributed by atoms with Gasteiger partial charge in [-0.1, -0.05) is 6.07 Å². The number of carbonyl (C=O) groups excluding carboxylic acids is 1. The molecular weight excluding hydrogens is 306 g/mol. The van der Waals surface area contributed by atoms with Crippen LogP contribution >= 0.6 is 0 Å². The molecule has 0 aliphatic heterocycles. The van der Waals surface area contributed by atoms with Crippen LogP contribution in [0.15, 0.2) is 35.3 Å². The van der Waals surface area contributed by atoms with E-state index in [9.17, 15) is 18.4 Å². The third kappa shape index (κ3) is 2.96. The first-order chi connectivity index (χ1) is 10.9. The summed E-state index contributed by atoms with van der Waals surface area (Å²) in [6.07, 6.45) is 1.58. The van der Waals surface area contributed by atoms with Gasteiger partial charge in [-0.15, -0.1) is 0 Å². The van der Waals surface area contributed by atoms with E-state index in [0.29, 0.717) is 5.69 Å². The highest BCUT2D eigenvalue weighted by Gasteiger charge is 2.13. The molecule has 0 aliphatic rings. The number of fused-ring (bicyclic) bond motifs is 1. The molecule has 118 valence electrons. The first-order valence-electron chi connectivity index (χ1n) is 6.75. The van der Waals surface area contributed by atoms with Crippen LogP contribution < -0.4 is 10.9 Å². The summed E-state index contributed by atoms with van der Waals surface area (Å²) in [5, 5.41) is 6.50. The molecule has 0 aliphatic carbocycles. The van der Waals surface area contributed by atoms with E-state index in [4.69, 9.17) is 0 Å². The second-order valence-corrected chi connectivity index (χ2v) is 5.04. The van der Waals surface area contributed by atoms with E-state index in [1.807, 2.05) is 0 Å². The van der Waals surface area contributed by atoms with Crippen LogP contribution in [0.5, 0.6) is 0 Å². The van der Waals surface area contributed by atoms with Crippen LogP contribution in [0.4, 0.5) is 8.78 Å².